The summed E-state index contributed by atoms with van der Waals surface area (Å²) in [7, 11) is 0. The van der Waals surface area contributed by atoms with Crippen LogP contribution in [0.2, 0.25) is 0 Å². The molecule has 0 saturated carbocycles. The van der Waals surface area contributed by atoms with Crippen LogP contribution in [0.3, 0.4) is 0 Å². The van der Waals surface area contributed by atoms with Gasteiger partial charge in [-0.2, -0.15) is 13.2 Å². The van der Waals surface area contributed by atoms with Crippen molar-refractivity contribution in [2.45, 2.75) is 6.92 Å². The third-order valence-electron chi connectivity index (χ3n) is 3.21. The molecular formula is C18H13F3O3. The lowest BCUT2D eigenvalue weighted by atomic mass is 10.0. The van der Waals surface area contributed by atoms with Crippen LogP contribution in [-0.2, 0) is 0 Å². The van der Waals surface area contributed by atoms with E-state index < -0.39 is 18.1 Å². The molecule has 0 saturated heterocycles. The van der Waals surface area contributed by atoms with E-state index in [0.717, 1.165) is 16.7 Å². The van der Waals surface area contributed by atoms with Crippen LogP contribution in [0.5, 0.6) is 5.75 Å². The van der Waals surface area contributed by atoms with Crippen molar-refractivity contribution < 1.29 is 27.8 Å². The van der Waals surface area contributed by atoms with Crippen LogP contribution in [-0.4, -0.2) is 11.1 Å². The Kier molecular flexibility index (Phi) is 5.42. The monoisotopic (exact) mass is 334 g/mol. The number of hydrogen-bond donors (Lipinski definition) is 1. The molecule has 124 valence electrons. The molecule has 0 atom stereocenters. The smallest absolute Gasteiger partial charge is 0.344 e. The molecule has 0 amide bonds. The van der Waals surface area contributed by atoms with Crippen molar-refractivity contribution in [1.82, 2.24) is 0 Å². The van der Waals surface area contributed by atoms with Crippen LogP contribution in [0.25, 0.3) is 11.6 Å². The maximum Gasteiger partial charge on any atom is 0.344 e. The van der Waals surface area contributed by atoms with E-state index in [2.05, 4.69) is 4.74 Å². The van der Waals surface area contributed by atoms with Crippen molar-refractivity contribution >= 4 is 17.6 Å². The molecule has 6 heteroatoms. The molecule has 24 heavy (non-hydrogen) atoms. The predicted molar refractivity (Wildman–Crippen MR) is 84.4 cm³/mol. The van der Waals surface area contributed by atoms with Crippen molar-refractivity contribution in [3.8, 4) is 5.75 Å². The minimum Gasteiger partial charge on any atom is -0.478 e. The molecule has 0 spiro atoms. The maximum absolute atomic E-state index is 12.7. The molecule has 0 unspecified atom stereocenters. The minimum absolute atomic E-state index is 0.0392. The Morgan fingerprint density at radius 1 is 0.958 bits per heavy atom. The second kappa shape index (κ2) is 7.50. The molecule has 0 radical (unpaired) electrons. The standard InChI is InChI=1S/C18H13F3O3/c1-11(10-12-2-4-14(5-3-12)18(22)23)13-6-8-15(9-7-13)24-17(21)16(19)20/h2-10H,1H3,(H,22,23). The van der Waals surface area contributed by atoms with E-state index in [-0.39, 0.29) is 11.3 Å². The third kappa shape index (κ3) is 4.49. The van der Waals surface area contributed by atoms with E-state index in [1.54, 1.807) is 24.3 Å². The molecule has 0 heterocycles. The number of hydrogen-bond acceptors (Lipinski definition) is 2. The average Bonchev–Trinajstić information content (AvgIpc) is 2.55. The van der Waals surface area contributed by atoms with Crippen molar-refractivity contribution in [1.29, 1.82) is 0 Å². The van der Waals surface area contributed by atoms with Gasteiger partial charge in [0.05, 0.1) is 5.56 Å². The van der Waals surface area contributed by atoms with Gasteiger partial charge in [-0.05, 0) is 47.9 Å². The van der Waals surface area contributed by atoms with Crippen LogP contribution in [0.4, 0.5) is 13.2 Å². The highest BCUT2D eigenvalue weighted by molar-refractivity contribution is 5.88. The summed E-state index contributed by atoms with van der Waals surface area (Å²) < 4.78 is 41.0. The molecule has 0 aliphatic rings. The Hall–Kier alpha value is -3.02. The van der Waals surface area contributed by atoms with Gasteiger partial charge < -0.3 is 9.84 Å². The lowest BCUT2D eigenvalue weighted by Gasteiger charge is -2.05. The molecule has 0 aromatic heterocycles. The van der Waals surface area contributed by atoms with Crippen LogP contribution >= 0.6 is 0 Å². The molecule has 2 rings (SSSR count). The third-order valence-corrected chi connectivity index (χ3v) is 3.21. The average molecular weight is 334 g/mol. The van der Waals surface area contributed by atoms with E-state index in [0.29, 0.717) is 0 Å². The zero-order valence-corrected chi connectivity index (χ0v) is 12.6. The number of benzene rings is 2. The molecule has 0 aliphatic carbocycles. The van der Waals surface area contributed by atoms with E-state index >= 15 is 0 Å². The second-order valence-electron chi connectivity index (χ2n) is 4.92. The molecule has 0 fully saturated rings. The Morgan fingerprint density at radius 2 is 1.50 bits per heavy atom. The Bertz CT molecular complexity index is 787. The molecule has 0 aliphatic heterocycles. The first kappa shape index (κ1) is 17.3. The Morgan fingerprint density at radius 3 is 2.00 bits per heavy atom. The summed E-state index contributed by atoms with van der Waals surface area (Å²) in [5.74, 6) is -1.04. The SMILES string of the molecule is CC(=Cc1ccc(C(=O)O)cc1)c1ccc(OC(F)=C(F)F)cc1. The molecule has 1 N–H and O–H groups in total. The van der Waals surface area contributed by atoms with Crippen molar-refractivity contribution in [3.05, 3.63) is 77.3 Å². The van der Waals surface area contributed by atoms with Crippen LogP contribution in [0, 0.1) is 0 Å². The van der Waals surface area contributed by atoms with E-state index in [9.17, 15) is 18.0 Å². The van der Waals surface area contributed by atoms with Crippen molar-refractivity contribution in [3.63, 3.8) is 0 Å². The van der Waals surface area contributed by atoms with Gasteiger partial charge in [0.15, 0.2) is 0 Å². The maximum atomic E-state index is 12.7. The summed E-state index contributed by atoms with van der Waals surface area (Å²) in [5, 5.41) is 8.85. The molecule has 0 bridgehead atoms. The first-order valence-electron chi connectivity index (χ1n) is 6.87. The number of aromatic carboxylic acids is 1. The number of ether oxygens (including phenoxy) is 1. The Labute approximate surface area is 136 Å². The quantitative estimate of drug-likeness (QED) is 0.591. The van der Waals surface area contributed by atoms with E-state index in [4.69, 9.17) is 5.11 Å². The summed E-state index contributed by atoms with van der Waals surface area (Å²) in [4.78, 5) is 10.8. The zero-order valence-electron chi connectivity index (χ0n) is 12.6. The fourth-order valence-electron chi connectivity index (χ4n) is 1.98. The van der Waals surface area contributed by atoms with Gasteiger partial charge in [0, 0.05) is 0 Å². The minimum atomic E-state index is -2.51. The van der Waals surface area contributed by atoms with Crippen molar-refractivity contribution in [2.75, 3.05) is 0 Å². The zero-order chi connectivity index (χ0) is 17.7. The summed E-state index contributed by atoms with van der Waals surface area (Å²) in [6, 6.07) is 10.4. The fourth-order valence-corrected chi connectivity index (χ4v) is 1.98. The van der Waals surface area contributed by atoms with E-state index in [1.165, 1.54) is 24.3 Å². The molecule has 3 nitrogen and oxygen atoms in total. The van der Waals surface area contributed by atoms with Gasteiger partial charge in [-0.1, -0.05) is 30.3 Å². The highest BCUT2D eigenvalue weighted by Gasteiger charge is 2.08. The number of allylic oxidation sites excluding steroid dienone is 1. The molecule has 2 aromatic rings. The first-order valence-corrected chi connectivity index (χ1v) is 6.87. The first-order chi connectivity index (χ1) is 11.4. The summed E-state index contributed by atoms with van der Waals surface area (Å²) in [6.07, 6.45) is -0.677. The van der Waals surface area contributed by atoms with Gasteiger partial charge in [0.1, 0.15) is 5.75 Å². The van der Waals surface area contributed by atoms with Gasteiger partial charge in [-0.25, -0.2) is 4.79 Å². The summed E-state index contributed by atoms with van der Waals surface area (Å²) >= 11 is 0. The van der Waals surface area contributed by atoms with Gasteiger partial charge in [0.25, 0.3) is 0 Å². The number of carbonyl (C=O) groups is 1. The number of carboxylic acid groups (broad SMARTS) is 1. The highest BCUT2D eigenvalue weighted by Crippen LogP contribution is 2.23. The van der Waals surface area contributed by atoms with Crippen LogP contribution in [0.15, 0.2) is 60.6 Å². The molecular weight excluding hydrogens is 321 g/mol. The number of carboxylic acids is 1. The summed E-state index contributed by atoms with van der Waals surface area (Å²) in [6.45, 7) is 1.84. The summed E-state index contributed by atoms with van der Waals surface area (Å²) in [5.41, 5.74) is 2.65. The highest BCUT2D eigenvalue weighted by atomic mass is 19.3. The number of rotatable bonds is 5. The van der Waals surface area contributed by atoms with Gasteiger partial charge in [0.2, 0.25) is 0 Å². The van der Waals surface area contributed by atoms with Crippen LogP contribution < -0.4 is 4.74 Å². The van der Waals surface area contributed by atoms with Gasteiger partial charge in [-0.15, -0.1) is 0 Å². The van der Waals surface area contributed by atoms with Crippen LogP contribution in [0.1, 0.15) is 28.4 Å². The Balaban J connectivity index is 2.15. The largest absolute Gasteiger partial charge is 0.478 e. The van der Waals surface area contributed by atoms with E-state index in [1.807, 2.05) is 13.0 Å². The number of halogens is 3. The van der Waals surface area contributed by atoms with Gasteiger partial charge in [-0.3, -0.25) is 0 Å². The molecule has 2 aromatic carbocycles. The van der Waals surface area contributed by atoms with Gasteiger partial charge >= 0.3 is 18.1 Å². The van der Waals surface area contributed by atoms with Crippen molar-refractivity contribution in [2.24, 2.45) is 0 Å². The fraction of sp³-hybridized carbons (Fsp3) is 0.0556. The lowest BCUT2D eigenvalue weighted by Crippen LogP contribution is -1.94. The topological polar surface area (TPSA) is 46.5 Å². The predicted octanol–water partition coefficient (Wildman–Crippen LogP) is 5.36. The second-order valence-corrected chi connectivity index (χ2v) is 4.92. The normalized spacial score (nSPS) is 11.1. The lowest BCUT2D eigenvalue weighted by molar-refractivity contribution is 0.0697.